The highest BCUT2D eigenvalue weighted by Crippen LogP contribution is 2.26. The van der Waals surface area contributed by atoms with Crippen LogP contribution in [-0.4, -0.2) is 9.67 Å². The molecule has 2 atom stereocenters. The van der Waals surface area contributed by atoms with Gasteiger partial charge in [0.25, 0.3) is 0 Å². The lowest BCUT2D eigenvalue weighted by molar-refractivity contribution is 0.121. The second-order valence-electron chi connectivity index (χ2n) is 4.15. The van der Waals surface area contributed by atoms with Crippen molar-refractivity contribution in [3.05, 3.63) is 59.9 Å². The number of aromatic nitrogens is 1. The van der Waals surface area contributed by atoms with Crippen LogP contribution in [0.5, 0.6) is 0 Å². The summed E-state index contributed by atoms with van der Waals surface area (Å²) in [5, 5.41) is 10.3. The molecular formula is C14H17NO. The second kappa shape index (κ2) is 4.54. The largest absolute Gasteiger partial charge is 0.386 e. The molecule has 0 saturated heterocycles. The van der Waals surface area contributed by atoms with Crippen molar-refractivity contribution in [2.45, 2.75) is 26.0 Å². The SMILES string of the molecule is Cc1cccn1[C@@H](C)C(O)c1ccccc1. The Kier molecular flexibility index (Phi) is 3.11. The molecule has 2 nitrogen and oxygen atoms in total. The van der Waals surface area contributed by atoms with E-state index in [4.69, 9.17) is 0 Å². The van der Waals surface area contributed by atoms with Crippen molar-refractivity contribution in [1.82, 2.24) is 4.57 Å². The van der Waals surface area contributed by atoms with Gasteiger partial charge in [-0.25, -0.2) is 0 Å². The molecule has 2 rings (SSSR count). The number of hydrogen-bond acceptors (Lipinski definition) is 1. The Hall–Kier alpha value is -1.54. The Morgan fingerprint density at radius 3 is 2.31 bits per heavy atom. The second-order valence-corrected chi connectivity index (χ2v) is 4.15. The van der Waals surface area contributed by atoms with E-state index in [1.165, 1.54) is 5.69 Å². The van der Waals surface area contributed by atoms with Gasteiger partial charge in [-0.2, -0.15) is 0 Å². The summed E-state index contributed by atoms with van der Waals surface area (Å²) in [6, 6.07) is 13.9. The first-order valence-corrected chi connectivity index (χ1v) is 5.56. The van der Waals surface area contributed by atoms with Crippen LogP contribution >= 0.6 is 0 Å². The van der Waals surface area contributed by atoms with E-state index >= 15 is 0 Å². The lowest BCUT2D eigenvalue weighted by Crippen LogP contribution is -2.14. The maximum Gasteiger partial charge on any atom is 0.0994 e. The van der Waals surface area contributed by atoms with Gasteiger partial charge in [0.15, 0.2) is 0 Å². The van der Waals surface area contributed by atoms with E-state index in [9.17, 15) is 5.11 Å². The van der Waals surface area contributed by atoms with Crippen LogP contribution in [-0.2, 0) is 0 Å². The van der Waals surface area contributed by atoms with Gasteiger partial charge in [-0.15, -0.1) is 0 Å². The van der Waals surface area contributed by atoms with Crippen molar-refractivity contribution in [2.24, 2.45) is 0 Å². The summed E-state index contributed by atoms with van der Waals surface area (Å²) in [6.07, 6.45) is 1.54. The van der Waals surface area contributed by atoms with Crippen LogP contribution in [0.3, 0.4) is 0 Å². The van der Waals surface area contributed by atoms with Gasteiger partial charge in [0.2, 0.25) is 0 Å². The molecule has 1 aromatic carbocycles. The van der Waals surface area contributed by atoms with E-state index in [1.54, 1.807) is 0 Å². The summed E-state index contributed by atoms with van der Waals surface area (Å²) in [5.74, 6) is 0. The van der Waals surface area contributed by atoms with Gasteiger partial charge in [0.1, 0.15) is 0 Å². The van der Waals surface area contributed by atoms with Gasteiger partial charge in [0.05, 0.1) is 12.1 Å². The standard InChI is InChI=1S/C14H17NO/c1-11-7-6-10-15(11)12(2)14(16)13-8-4-3-5-9-13/h3-10,12,14,16H,1-2H3/t12-,14?/m0/s1. The van der Waals surface area contributed by atoms with Gasteiger partial charge < -0.3 is 9.67 Å². The molecule has 0 aliphatic rings. The normalized spacial score (nSPS) is 14.7. The summed E-state index contributed by atoms with van der Waals surface area (Å²) >= 11 is 0. The molecule has 1 unspecified atom stereocenters. The third-order valence-electron chi connectivity index (χ3n) is 3.03. The third-order valence-corrected chi connectivity index (χ3v) is 3.03. The number of nitrogens with zero attached hydrogens (tertiary/aromatic N) is 1. The molecule has 0 fully saturated rings. The van der Waals surface area contributed by atoms with Crippen molar-refractivity contribution < 1.29 is 5.11 Å². The highest BCUT2D eigenvalue weighted by Gasteiger charge is 2.17. The fraction of sp³-hybridized carbons (Fsp3) is 0.286. The Balaban J connectivity index is 2.23. The van der Waals surface area contributed by atoms with E-state index in [2.05, 4.69) is 4.57 Å². The molecule has 16 heavy (non-hydrogen) atoms. The summed E-state index contributed by atoms with van der Waals surface area (Å²) in [7, 11) is 0. The number of aryl methyl sites for hydroxylation is 1. The van der Waals surface area contributed by atoms with Crippen molar-refractivity contribution in [3.8, 4) is 0 Å². The topological polar surface area (TPSA) is 25.2 Å². The number of benzene rings is 1. The van der Waals surface area contributed by atoms with Crippen molar-refractivity contribution in [2.75, 3.05) is 0 Å². The van der Waals surface area contributed by atoms with Gasteiger partial charge in [-0.1, -0.05) is 30.3 Å². The maximum atomic E-state index is 10.3. The van der Waals surface area contributed by atoms with E-state index in [0.29, 0.717) is 0 Å². The molecule has 1 N–H and O–H groups in total. The molecule has 0 radical (unpaired) electrons. The van der Waals surface area contributed by atoms with Crippen LogP contribution in [0.1, 0.15) is 30.3 Å². The Morgan fingerprint density at radius 1 is 1.06 bits per heavy atom. The summed E-state index contributed by atoms with van der Waals surface area (Å²) in [5.41, 5.74) is 2.13. The molecular weight excluding hydrogens is 198 g/mol. The van der Waals surface area contributed by atoms with Gasteiger partial charge in [-0.05, 0) is 31.5 Å². The van der Waals surface area contributed by atoms with Crippen molar-refractivity contribution >= 4 is 0 Å². The van der Waals surface area contributed by atoms with Crippen LogP contribution in [0.2, 0.25) is 0 Å². The number of rotatable bonds is 3. The van der Waals surface area contributed by atoms with Crippen molar-refractivity contribution in [3.63, 3.8) is 0 Å². The number of hydrogen-bond donors (Lipinski definition) is 1. The van der Waals surface area contributed by atoms with E-state index < -0.39 is 6.10 Å². The minimum Gasteiger partial charge on any atom is -0.386 e. The van der Waals surface area contributed by atoms with Crippen LogP contribution in [0.4, 0.5) is 0 Å². The molecule has 0 amide bonds. The average molecular weight is 215 g/mol. The lowest BCUT2D eigenvalue weighted by atomic mass is 10.0. The third kappa shape index (κ3) is 2.02. The Morgan fingerprint density at radius 2 is 1.75 bits per heavy atom. The molecule has 0 saturated carbocycles. The highest BCUT2D eigenvalue weighted by molar-refractivity contribution is 5.19. The minimum absolute atomic E-state index is 0.0531. The number of aliphatic hydroxyl groups is 1. The lowest BCUT2D eigenvalue weighted by Gasteiger charge is -2.22. The zero-order chi connectivity index (χ0) is 11.5. The molecule has 0 spiro atoms. The number of aliphatic hydroxyl groups excluding tert-OH is 1. The molecule has 2 aromatic rings. The van der Waals surface area contributed by atoms with Crippen LogP contribution in [0.15, 0.2) is 48.7 Å². The quantitative estimate of drug-likeness (QED) is 0.836. The molecule has 0 bridgehead atoms. The van der Waals surface area contributed by atoms with E-state index in [1.807, 2.05) is 62.5 Å². The monoisotopic (exact) mass is 215 g/mol. The molecule has 0 aliphatic heterocycles. The minimum atomic E-state index is -0.465. The summed E-state index contributed by atoms with van der Waals surface area (Å²) in [4.78, 5) is 0. The first-order chi connectivity index (χ1) is 7.70. The Labute approximate surface area is 96.2 Å². The first kappa shape index (κ1) is 11.0. The summed E-state index contributed by atoms with van der Waals surface area (Å²) in [6.45, 7) is 4.08. The molecule has 0 aliphatic carbocycles. The molecule has 1 aromatic heterocycles. The van der Waals surface area contributed by atoms with Crippen molar-refractivity contribution in [1.29, 1.82) is 0 Å². The van der Waals surface area contributed by atoms with E-state index in [-0.39, 0.29) is 6.04 Å². The van der Waals surface area contributed by atoms with Crippen LogP contribution < -0.4 is 0 Å². The summed E-state index contributed by atoms with van der Waals surface area (Å²) < 4.78 is 2.09. The molecule has 1 heterocycles. The average Bonchev–Trinajstić information content (AvgIpc) is 2.75. The van der Waals surface area contributed by atoms with Crippen LogP contribution in [0.25, 0.3) is 0 Å². The predicted molar refractivity (Wildman–Crippen MR) is 65.3 cm³/mol. The first-order valence-electron chi connectivity index (χ1n) is 5.56. The van der Waals surface area contributed by atoms with Crippen LogP contribution in [0, 0.1) is 6.92 Å². The zero-order valence-corrected chi connectivity index (χ0v) is 9.67. The molecule has 2 heteroatoms. The van der Waals surface area contributed by atoms with Gasteiger partial charge in [-0.3, -0.25) is 0 Å². The fourth-order valence-corrected chi connectivity index (χ4v) is 2.02. The maximum absolute atomic E-state index is 10.3. The smallest absolute Gasteiger partial charge is 0.0994 e. The van der Waals surface area contributed by atoms with Gasteiger partial charge in [0, 0.05) is 11.9 Å². The van der Waals surface area contributed by atoms with E-state index in [0.717, 1.165) is 5.56 Å². The zero-order valence-electron chi connectivity index (χ0n) is 9.67. The fourth-order valence-electron chi connectivity index (χ4n) is 2.02. The van der Waals surface area contributed by atoms with Gasteiger partial charge >= 0.3 is 0 Å². The molecule has 84 valence electrons. The predicted octanol–water partition coefficient (Wildman–Crippen LogP) is 3.09. The highest BCUT2D eigenvalue weighted by atomic mass is 16.3. The Bertz CT molecular complexity index is 447.